The minimum absolute atomic E-state index is 0.243. The van der Waals surface area contributed by atoms with Crippen molar-refractivity contribution in [2.75, 3.05) is 0 Å². The molecule has 1 spiro atoms. The number of fused-ring (bicyclic) bond motifs is 1. The highest BCUT2D eigenvalue weighted by Gasteiger charge is 2.39. The summed E-state index contributed by atoms with van der Waals surface area (Å²) in [7, 11) is 0. The second-order valence-corrected chi connectivity index (χ2v) is 4.74. The van der Waals surface area contributed by atoms with Gasteiger partial charge in [-0.25, -0.2) is 0 Å². The second kappa shape index (κ2) is 3.20. The van der Waals surface area contributed by atoms with E-state index in [-0.39, 0.29) is 11.7 Å². The summed E-state index contributed by atoms with van der Waals surface area (Å²) in [6.45, 7) is 0. The molecular weight excluding hydrogens is 186 g/mol. The molecule has 3 nitrogen and oxygen atoms in total. The molecule has 0 amide bonds. The number of nitrogens with two attached hydrogens (primary N) is 1. The second-order valence-electron chi connectivity index (χ2n) is 4.74. The van der Waals surface area contributed by atoms with Gasteiger partial charge in [-0.05, 0) is 24.8 Å². The van der Waals surface area contributed by atoms with Crippen molar-refractivity contribution < 1.29 is 0 Å². The summed E-state index contributed by atoms with van der Waals surface area (Å²) < 4.78 is 0. The zero-order chi connectivity index (χ0) is 10.3. The van der Waals surface area contributed by atoms with Gasteiger partial charge in [-0.1, -0.05) is 25.0 Å². The first-order valence-electron chi connectivity index (χ1n) is 5.77. The molecular formula is C12H17N3. The Balaban J connectivity index is 2.01. The summed E-state index contributed by atoms with van der Waals surface area (Å²) in [5.41, 5.74) is 8.77. The minimum Gasteiger partial charge on any atom is -0.354 e. The SMILES string of the molecule is NC1N=CC2=C(N1)C1(C=CC2)CCCC1. The molecule has 0 aromatic carbocycles. The molecule has 80 valence electrons. The molecule has 1 saturated carbocycles. The topological polar surface area (TPSA) is 50.4 Å². The maximum absolute atomic E-state index is 5.83. The van der Waals surface area contributed by atoms with Crippen LogP contribution in [0.25, 0.3) is 0 Å². The Bertz CT molecular complexity index is 359. The summed E-state index contributed by atoms with van der Waals surface area (Å²) >= 11 is 0. The van der Waals surface area contributed by atoms with E-state index < -0.39 is 0 Å². The van der Waals surface area contributed by atoms with Gasteiger partial charge in [0.25, 0.3) is 0 Å². The van der Waals surface area contributed by atoms with Gasteiger partial charge in [-0.15, -0.1) is 0 Å². The molecule has 3 aliphatic rings. The van der Waals surface area contributed by atoms with Crippen LogP contribution < -0.4 is 11.1 Å². The monoisotopic (exact) mass is 203 g/mol. The largest absolute Gasteiger partial charge is 0.354 e. The van der Waals surface area contributed by atoms with E-state index in [2.05, 4.69) is 22.5 Å². The third-order valence-electron chi connectivity index (χ3n) is 3.77. The van der Waals surface area contributed by atoms with Gasteiger partial charge in [0.05, 0.1) is 0 Å². The van der Waals surface area contributed by atoms with Gasteiger partial charge < -0.3 is 5.32 Å². The average molecular weight is 203 g/mol. The fourth-order valence-corrected chi connectivity index (χ4v) is 3.05. The van der Waals surface area contributed by atoms with Crippen LogP contribution in [0.2, 0.25) is 0 Å². The van der Waals surface area contributed by atoms with Crippen LogP contribution >= 0.6 is 0 Å². The summed E-state index contributed by atoms with van der Waals surface area (Å²) in [4.78, 5) is 4.22. The van der Waals surface area contributed by atoms with Crippen molar-refractivity contribution in [2.45, 2.75) is 38.4 Å². The van der Waals surface area contributed by atoms with E-state index >= 15 is 0 Å². The highest BCUT2D eigenvalue weighted by atomic mass is 15.2. The zero-order valence-electron chi connectivity index (χ0n) is 8.87. The summed E-state index contributed by atoms with van der Waals surface area (Å²) in [6.07, 6.45) is 12.6. The van der Waals surface area contributed by atoms with Crippen LogP contribution in [0.1, 0.15) is 32.1 Å². The van der Waals surface area contributed by atoms with E-state index in [9.17, 15) is 0 Å². The van der Waals surface area contributed by atoms with Gasteiger partial charge in [0.2, 0.25) is 0 Å². The van der Waals surface area contributed by atoms with Crippen LogP contribution in [0.3, 0.4) is 0 Å². The molecule has 0 bridgehead atoms. The number of hydrogen-bond acceptors (Lipinski definition) is 3. The Morgan fingerprint density at radius 3 is 3.00 bits per heavy atom. The molecule has 3 heteroatoms. The maximum Gasteiger partial charge on any atom is 0.171 e. The van der Waals surface area contributed by atoms with E-state index in [1.807, 2.05) is 6.21 Å². The molecule has 2 aliphatic carbocycles. The molecule has 0 radical (unpaired) electrons. The molecule has 1 fully saturated rings. The van der Waals surface area contributed by atoms with Crippen molar-refractivity contribution in [1.29, 1.82) is 0 Å². The van der Waals surface area contributed by atoms with E-state index in [0.717, 1.165) is 6.42 Å². The van der Waals surface area contributed by atoms with Crippen LogP contribution in [-0.2, 0) is 0 Å². The lowest BCUT2D eigenvalue weighted by Gasteiger charge is -2.37. The summed E-state index contributed by atoms with van der Waals surface area (Å²) in [5, 5.41) is 3.36. The Kier molecular flexibility index (Phi) is 1.96. The summed E-state index contributed by atoms with van der Waals surface area (Å²) in [6, 6.07) is 0. The van der Waals surface area contributed by atoms with Crippen LogP contribution in [0.4, 0.5) is 0 Å². The van der Waals surface area contributed by atoms with Crippen molar-refractivity contribution in [3.63, 3.8) is 0 Å². The Morgan fingerprint density at radius 2 is 2.20 bits per heavy atom. The molecule has 0 aromatic heterocycles. The molecule has 15 heavy (non-hydrogen) atoms. The fraction of sp³-hybridized carbons (Fsp3) is 0.583. The number of aliphatic imine (C=N–C) groups is 1. The predicted octanol–water partition coefficient (Wildman–Crippen LogP) is 1.68. The van der Waals surface area contributed by atoms with Crippen LogP contribution in [-0.4, -0.2) is 12.5 Å². The van der Waals surface area contributed by atoms with Crippen LogP contribution in [0.5, 0.6) is 0 Å². The fourth-order valence-electron chi connectivity index (χ4n) is 3.05. The van der Waals surface area contributed by atoms with E-state index in [1.165, 1.54) is 37.0 Å². The molecule has 3 N–H and O–H groups in total. The summed E-state index contributed by atoms with van der Waals surface area (Å²) in [5.74, 6) is 0. The van der Waals surface area contributed by atoms with Gasteiger partial charge in [-0.3, -0.25) is 10.7 Å². The average Bonchev–Trinajstić information content (AvgIpc) is 2.69. The smallest absolute Gasteiger partial charge is 0.171 e. The minimum atomic E-state index is -0.243. The zero-order valence-corrected chi connectivity index (χ0v) is 8.87. The lowest BCUT2D eigenvalue weighted by Crippen LogP contribution is -2.44. The first-order valence-corrected chi connectivity index (χ1v) is 5.77. The molecule has 1 atom stereocenters. The van der Waals surface area contributed by atoms with Gasteiger partial charge in [0.15, 0.2) is 6.29 Å². The molecule has 1 unspecified atom stereocenters. The van der Waals surface area contributed by atoms with E-state index in [0.29, 0.717) is 0 Å². The molecule has 0 saturated heterocycles. The van der Waals surface area contributed by atoms with Crippen molar-refractivity contribution >= 4 is 6.21 Å². The molecule has 1 aliphatic heterocycles. The van der Waals surface area contributed by atoms with Gasteiger partial charge in [-0.2, -0.15) is 0 Å². The molecule has 3 rings (SSSR count). The quantitative estimate of drug-likeness (QED) is 0.588. The predicted molar refractivity (Wildman–Crippen MR) is 61.3 cm³/mol. The number of nitrogens with zero attached hydrogens (tertiary/aromatic N) is 1. The Labute approximate surface area is 90.1 Å². The first kappa shape index (κ1) is 9.16. The Morgan fingerprint density at radius 1 is 1.40 bits per heavy atom. The van der Waals surface area contributed by atoms with Crippen LogP contribution in [0.15, 0.2) is 28.4 Å². The maximum atomic E-state index is 5.83. The van der Waals surface area contributed by atoms with Crippen LogP contribution in [0, 0.1) is 5.41 Å². The number of hydrogen-bond donors (Lipinski definition) is 2. The molecule has 0 aromatic rings. The van der Waals surface area contributed by atoms with E-state index in [4.69, 9.17) is 5.73 Å². The van der Waals surface area contributed by atoms with Gasteiger partial charge >= 0.3 is 0 Å². The lowest BCUT2D eigenvalue weighted by atomic mass is 9.76. The first-order chi connectivity index (χ1) is 7.30. The normalized spacial score (nSPS) is 31.9. The van der Waals surface area contributed by atoms with Crippen molar-refractivity contribution in [1.82, 2.24) is 5.32 Å². The lowest BCUT2D eigenvalue weighted by molar-refractivity contribution is 0.404. The standard InChI is InChI=1S/C12H17N3/c13-11-14-8-9-4-3-7-12(10(9)15-11)5-1-2-6-12/h3,7-8,11,15H,1-2,4-6,13H2. The van der Waals surface area contributed by atoms with Crippen molar-refractivity contribution in [3.05, 3.63) is 23.4 Å². The third-order valence-corrected chi connectivity index (χ3v) is 3.77. The number of rotatable bonds is 0. The number of nitrogens with one attached hydrogen (secondary N) is 1. The number of allylic oxidation sites excluding steroid dienone is 3. The van der Waals surface area contributed by atoms with Crippen molar-refractivity contribution in [3.8, 4) is 0 Å². The van der Waals surface area contributed by atoms with E-state index in [1.54, 1.807) is 0 Å². The highest BCUT2D eigenvalue weighted by molar-refractivity contribution is 5.82. The van der Waals surface area contributed by atoms with Gasteiger partial charge in [0, 0.05) is 17.3 Å². The van der Waals surface area contributed by atoms with Crippen molar-refractivity contribution in [2.24, 2.45) is 16.1 Å². The molecule has 1 heterocycles. The van der Waals surface area contributed by atoms with Gasteiger partial charge in [0.1, 0.15) is 0 Å². The Hall–Kier alpha value is -1.09. The third kappa shape index (κ3) is 1.34. The highest BCUT2D eigenvalue weighted by Crippen LogP contribution is 2.48.